The highest BCUT2D eigenvalue weighted by molar-refractivity contribution is 5.74. The second-order valence-electron chi connectivity index (χ2n) is 21.6. The molecule has 8 N–H and O–H groups in total. The number of cyclic esters (lactones) is 1. The standard InChI is InChI=1S/C51H86N6O13/c1-13-40-51(10,64)44(60)33(6)52-26-29(2)24-49(8,63)46(31(4)42(32(5)47(62)69-40)39-25-50(9,66-12)45(61)34(7)68-39)70-48-43(59)38(23-30(3)67-48)56(11)27-35-18-20-36(21-19-35)37-28-57(55-53-37)22-16-14-15-17-41(58)54-65/h18-21,28-34,38-40,42-46,48,52,59-61,63-65H,13-17,22-27H2,1-12H3,(H,54,58)/t29-,30-,31+,32-,33-,34+,38+,39-,40-,42?,43-,44-,45+,46-,48+,49-,50-,51-/m1/s1. The van der Waals surface area contributed by atoms with Gasteiger partial charge in [-0.1, -0.05) is 63.6 Å². The number of benzene rings is 1. The first-order valence-corrected chi connectivity index (χ1v) is 25.4. The number of nitrogens with zero attached hydrogens (tertiary/aromatic N) is 4. The molecule has 0 bridgehead atoms. The quantitative estimate of drug-likeness (QED) is 0.0547. The number of aliphatic hydroxyl groups is 5. The summed E-state index contributed by atoms with van der Waals surface area (Å²) in [5, 5.41) is 80.3. The number of hydrogen-bond acceptors (Lipinski definition) is 17. The van der Waals surface area contributed by atoms with Gasteiger partial charge >= 0.3 is 5.97 Å². The topological polar surface area (TPSA) is 260 Å². The summed E-state index contributed by atoms with van der Waals surface area (Å²) in [5.74, 6) is -3.57. The predicted molar refractivity (Wildman–Crippen MR) is 260 cm³/mol. The van der Waals surface area contributed by atoms with Crippen LogP contribution in [-0.2, 0) is 46.4 Å². The number of aryl methyl sites for hydroxylation is 1. The lowest BCUT2D eigenvalue weighted by atomic mass is 9.68. The molecule has 0 aliphatic carbocycles. The van der Waals surface area contributed by atoms with Crippen LogP contribution in [0.15, 0.2) is 30.5 Å². The molecule has 19 nitrogen and oxygen atoms in total. The summed E-state index contributed by atoms with van der Waals surface area (Å²) in [6.07, 6.45) is -2.99. The molecule has 3 fully saturated rings. The first-order valence-electron chi connectivity index (χ1n) is 25.4. The monoisotopic (exact) mass is 991 g/mol. The minimum Gasteiger partial charge on any atom is -0.459 e. The van der Waals surface area contributed by atoms with Crippen molar-refractivity contribution in [2.45, 2.75) is 218 Å². The molecule has 5 rings (SSSR count). The predicted octanol–water partition coefficient (Wildman–Crippen LogP) is 3.73. The molecule has 18 atom stereocenters. The van der Waals surface area contributed by atoms with Crippen molar-refractivity contribution in [3.63, 3.8) is 0 Å². The van der Waals surface area contributed by atoms with Gasteiger partial charge in [0.05, 0.1) is 47.7 Å². The van der Waals surface area contributed by atoms with Gasteiger partial charge in [-0.15, -0.1) is 5.10 Å². The molecule has 19 heteroatoms. The molecule has 70 heavy (non-hydrogen) atoms. The largest absolute Gasteiger partial charge is 0.459 e. The van der Waals surface area contributed by atoms with Gasteiger partial charge in [-0.25, -0.2) is 5.48 Å². The molecule has 0 saturated carbocycles. The Hall–Kier alpha value is -3.18. The number of carbonyl (C=O) groups is 2. The van der Waals surface area contributed by atoms with E-state index in [9.17, 15) is 35.1 Å². The maximum Gasteiger partial charge on any atom is 0.309 e. The first-order chi connectivity index (χ1) is 32.9. The Morgan fingerprint density at radius 2 is 1.67 bits per heavy atom. The average molecular weight is 991 g/mol. The van der Waals surface area contributed by atoms with Crippen LogP contribution in [0, 0.1) is 23.7 Å². The number of ether oxygens (including phenoxy) is 5. The number of nitrogens with one attached hydrogen (secondary N) is 2. The van der Waals surface area contributed by atoms with Gasteiger partial charge in [0.25, 0.3) is 0 Å². The molecule has 2 aromatic rings. The summed E-state index contributed by atoms with van der Waals surface area (Å²) in [5.41, 5.74) is -0.183. The van der Waals surface area contributed by atoms with E-state index in [4.69, 9.17) is 28.9 Å². The Kier molecular flexibility index (Phi) is 20.4. The number of methoxy groups -OCH3 is 1. The Morgan fingerprint density at radius 3 is 2.31 bits per heavy atom. The number of amides is 1. The van der Waals surface area contributed by atoms with Crippen LogP contribution in [0.5, 0.6) is 0 Å². The van der Waals surface area contributed by atoms with Crippen molar-refractivity contribution in [2.24, 2.45) is 23.7 Å². The summed E-state index contributed by atoms with van der Waals surface area (Å²) in [4.78, 5) is 27.9. The fourth-order valence-electron chi connectivity index (χ4n) is 11.4. The second kappa shape index (κ2) is 24.7. The number of likely N-dealkylation sites (N-methyl/N-ethyl adjacent to an activating group) is 1. The molecule has 398 valence electrons. The lowest BCUT2D eigenvalue weighted by Crippen LogP contribution is -2.62. The summed E-state index contributed by atoms with van der Waals surface area (Å²) in [6.45, 7) is 19.3. The highest BCUT2D eigenvalue weighted by Gasteiger charge is 2.55. The lowest BCUT2D eigenvalue weighted by molar-refractivity contribution is -0.303. The number of hydroxylamine groups is 1. The van der Waals surface area contributed by atoms with E-state index >= 15 is 0 Å². The smallest absolute Gasteiger partial charge is 0.309 e. The molecule has 1 aromatic heterocycles. The Bertz CT molecular complexity index is 1960. The van der Waals surface area contributed by atoms with Crippen LogP contribution >= 0.6 is 0 Å². The van der Waals surface area contributed by atoms with Crippen LogP contribution in [0.25, 0.3) is 11.3 Å². The highest BCUT2D eigenvalue weighted by Crippen LogP contribution is 2.45. The number of esters is 1. The van der Waals surface area contributed by atoms with E-state index in [-0.39, 0.29) is 37.7 Å². The third-order valence-corrected chi connectivity index (χ3v) is 15.6. The summed E-state index contributed by atoms with van der Waals surface area (Å²) >= 11 is 0. The molecule has 0 radical (unpaired) electrons. The van der Waals surface area contributed by atoms with Crippen molar-refractivity contribution in [3.8, 4) is 11.3 Å². The molecule has 3 aliphatic rings. The van der Waals surface area contributed by atoms with E-state index in [0.29, 0.717) is 32.5 Å². The van der Waals surface area contributed by atoms with Crippen molar-refractivity contribution in [3.05, 3.63) is 36.0 Å². The third kappa shape index (κ3) is 13.9. The Labute approximate surface area is 414 Å². The van der Waals surface area contributed by atoms with Gasteiger partial charge in [0, 0.05) is 56.6 Å². The molecule has 3 saturated heterocycles. The number of aromatic nitrogens is 3. The molecule has 1 amide bonds. The third-order valence-electron chi connectivity index (χ3n) is 15.6. The Balaban J connectivity index is 1.41. The molecule has 1 aromatic carbocycles. The Morgan fingerprint density at radius 1 is 0.986 bits per heavy atom. The number of hydrogen-bond donors (Lipinski definition) is 8. The first kappa shape index (κ1) is 57.7. The zero-order valence-corrected chi connectivity index (χ0v) is 43.7. The normalized spacial score (nSPS) is 39.5. The van der Waals surface area contributed by atoms with E-state index < -0.39 is 108 Å². The van der Waals surface area contributed by atoms with E-state index in [0.717, 1.165) is 29.7 Å². The fourth-order valence-corrected chi connectivity index (χ4v) is 11.4. The van der Waals surface area contributed by atoms with Crippen molar-refractivity contribution < 1.29 is 64.0 Å². The molecule has 4 heterocycles. The van der Waals surface area contributed by atoms with Crippen LogP contribution in [0.3, 0.4) is 0 Å². The van der Waals surface area contributed by atoms with Crippen molar-refractivity contribution in [1.82, 2.24) is 30.7 Å². The lowest BCUT2D eigenvalue weighted by Gasteiger charge is -2.51. The van der Waals surface area contributed by atoms with Crippen molar-refractivity contribution in [2.75, 3.05) is 20.7 Å². The molecular weight excluding hydrogens is 905 g/mol. The van der Waals surface area contributed by atoms with Crippen LogP contribution in [0.2, 0.25) is 0 Å². The van der Waals surface area contributed by atoms with E-state index in [1.54, 1.807) is 51.7 Å². The summed E-state index contributed by atoms with van der Waals surface area (Å²) in [6, 6.07) is 6.98. The van der Waals surface area contributed by atoms with Gasteiger partial charge in [-0.05, 0) is 105 Å². The molecule has 1 unspecified atom stereocenters. The van der Waals surface area contributed by atoms with Gasteiger partial charge in [0.15, 0.2) is 6.29 Å². The SMILES string of the molecule is CC[C@H]1OC(=O)[C@H](C)C([C@H]2C[C@@](C)(OC)[C@@H](O)[C@H](C)O2)[C@H](C)[C@@H](O[C@@H]2O[C@H](C)C[C@H](N(C)Cc3ccc(-c4cn(CCCCCC(=O)NO)nn4)cc3)[C@H]2O)[C@](C)(O)C[C@@H](C)CN[C@H](C)[C@@H](O)[C@]1(C)O. The average Bonchev–Trinajstić information content (AvgIpc) is 3.79. The van der Waals surface area contributed by atoms with Gasteiger partial charge in [0.1, 0.15) is 35.7 Å². The number of rotatable bonds is 15. The molecule has 3 aliphatic heterocycles. The van der Waals surface area contributed by atoms with Crippen LogP contribution in [-0.4, -0.2) is 167 Å². The zero-order chi connectivity index (χ0) is 51.9. The van der Waals surface area contributed by atoms with Crippen molar-refractivity contribution >= 4 is 11.9 Å². The van der Waals surface area contributed by atoms with Crippen LogP contribution in [0.4, 0.5) is 0 Å². The number of unbranched alkanes of at least 4 members (excludes halogenated alkanes) is 2. The van der Waals surface area contributed by atoms with Gasteiger partial charge in [-0.2, -0.15) is 0 Å². The van der Waals surface area contributed by atoms with Gasteiger partial charge in [-0.3, -0.25) is 24.4 Å². The zero-order valence-electron chi connectivity index (χ0n) is 43.7. The maximum absolute atomic E-state index is 14.6. The minimum atomic E-state index is -1.82. The number of aliphatic hydroxyl groups excluding tert-OH is 3. The minimum absolute atomic E-state index is 0.187. The summed E-state index contributed by atoms with van der Waals surface area (Å²) < 4.78 is 33.9. The van der Waals surface area contributed by atoms with Crippen LogP contribution < -0.4 is 10.8 Å². The summed E-state index contributed by atoms with van der Waals surface area (Å²) in [7, 11) is 3.47. The maximum atomic E-state index is 14.6. The fraction of sp³-hybridized carbons (Fsp3) is 0.804. The molecule has 0 spiro atoms. The second-order valence-corrected chi connectivity index (χ2v) is 21.6. The van der Waals surface area contributed by atoms with Gasteiger partial charge in [0.2, 0.25) is 5.91 Å². The molecular formula is C51H86N6O13. The van der Waals surface area contributed by atoms with Gasteiger partial charge < -0.3 is 54.5 Å². The number of carbonyl (C=O) groups excluding carboxylic acids is 2. The van der Waals surface area contributed by atoms with E-state index in [1.807, 2.05) is 58.3 Å². The van der Waals surface area contributed by atoms with E-state index in [1.165, 1.54) is 14.0 Å². The van der Waals surface area contributed by atoms with Crippen LogP contribution in [0.1, 0.15) is 126 Å². The van der Waals surface area contributed by atoms with E-state index in [2.05, 4.69) is 20.5 Å². The van der Waals surface area contributed by atoms with Crippen molar-refractivity contribution in [1.29, 1.82) is 0 Å². The highest BCUT2D eigenvalue weighted by atomic mass is 16.7.